The number of aromatic nitrogens is 1. The second-order valence-corrected chi connectivity index (χ2v) is 6.94. The first-order chi connectivity index (χ1) is 7.37. The van der Waals surface area contributed by atoms with Gasteiger partial charge in [-0.05, 0) is 17.9 Å². The highest BCUT2D eigenvalue weighted by Crippen LogP contribution is 2.22. The third-order valence-electron chi connectivity index (χ3n) is 2.14. The zero-order valence-electron chi connectivity index (χ0n) is 11.1. The van der Waals surface area contributed by atoms with Gasteiger partial charge in [-0.1, -0.05) is 34.6 Å². The second kappa shape index (κ2) is 5.78. The van der Waals surface area contributed by atoms with E-state index in [2.05, 4.69) is 50.3 Å². The molecule has 0 unspecified atom stereocenters. The lowest BCUT2D eigenvalue weighted by molar-refractivity contribution is 0.410. The lowest BCUT2D eigenvalue weighted by Crippen LogP contribution is -2.19. The van der Waals surface area contributed by atoms with E-state index in [1.165, 1.54) is 10.7 Å². The summed E-state index contributed by atoms with van der Waals surface area (Å²) in [6.07, 6.45) is 1.07. The smallest absolute Gasteiger partial charge is 0.0934 e. The van der Waals surface area contributed by atoms with Crippen LogP contribution in [0, 0.1) is 11.3 Å². The minimum absolute atomic E-state index is 0.334. The molecule has 0 saturated carbocycles. The standard InChI is InChI=1S/C13H24N2S/c1-10(2)7-14-8-11-9-16-12(15-11)6-13(3,4)5/h9-10,14H,6-8H2,1-5H3. The maximum Gasteiger partial charge on any atom is 0.0934 e. The van der Waals surface area contributed by atoms with E-state index < -0.39 is 0 Å². The minimum Gasteiger partial charge on any atom is -0.311 e. The Morgan fingerprint density at radius 1 is 1.38 bits per heavy atom. The van der Waals surface area contributed by atoms with E-state index in [9.17, 15) is 0 Å². The predicted molar refractivity (Wildman–Crippen MR) is 71.8 cm³/mol. The van der Waals surface area contributed by atoms with E-state index in [0.29, 0.717) is 11.3 Å². The lowest BCUT2D eigenvalue weighted by Gasteiger charge is -2.15. The van der Waals surface area contributed by atoms with Crippen LogP contribution in [0.15, 0.2) is 5.38 Å². The van der Waals surface area contributed by atoms with Gasteiger partial charge in [0.05, 0.1) is 10.7 Å². The molecule has 0 aromatic carbocycles. The van der Waals surface area contributed by atoms with E-state index in [0.717, 1.165) is 19.5 Å². The molecule has 16 heavy (non-hydrogen) atoms. The van der Waals surface area contributed by atoms with Crippen LogP contribution >= 0.6 is 11.3 Å². The first-order valence-electron chi connectivity index (χ1n) is 6.01. The van der Waals surface area contributed by atoms with Crippen molar-refractivity contribution in [1.82, 2.24) is 10.3 Å². The molecule has 0 bridgehead atoms. The number of nitrogens with zero attached hydrogens (tertiary/aromatic N) is 1. The molecule has 0 amide bonds. The van der Waals surface area contributed by atoms with Crippen LogP contribution in [0.5, 0.6) is 0 Å². The Bertz CT molecular complexity index is 310. The zero-order valence-corrected chi connectivity index (χ0v) is 11.9. The Hall–Kier alpha value is -0.410. The zero-order chi connectivity index (χ0) is 12.2. The summed E-state index contributed by atoms with van der Waals surface area (Å²) < 4.78 is 0. The van der Waals surface area contributed by atoms with Gasteiger partial charge in [-0.3, -0.25) is 0 Å². The Balaban J connectivity index is 2.40. The molecule has 0 aliphatic heterocycles. The van der Waals surface area contributed by atoms with Crippen LogP contribution in [0.2, 0.25) is 0 Å². The van der Waals surface area contributed by atoms with Crippen LogP contribution in [0.3, 0.4) is 0 Å². The van der Waals surface area contributed by atoms with Gasteiger partial charge in [0.15, 0.2) is 0 Å². The highest BCUT2D eigenvalue weighted by Gasteiger charge is 2.13. The van der Waals surface area contributed by atoms with E-state index in [1.54, 1.807) is 11.3 Å². The molecule has 0 saturated heterocycles. The van der Waals surface area contributed by atoms with E-state index in [4.69, 9.17) is 0 Å². The fourth-order valence-corrected chi connectivity index (χ4v) is 2.55. The average Bonchev–Trinajstić information content (AvgIpc) is 2.48. The van der Waals surface area contributed by atoms with Crippen LogP contribution in [-0.4, -0.2) is 11.5 Å². The number of hydrogen-bond donors (Lipinski definition) is 1. The van der Waals surface area contributed by atoms with Crippen LogP contribution in [-0.2, 0) is 13.0 Å². The molecular weight excluding hydrogens is 216 g/mol. The van der Waals surface area contributed by atoms with Gasteiger partial charge in [0.25, 0.3) is 0 Å². The molecule has 1 aromatic rings. The van der Waals surface area contributed by atoms with Crippen molar-refractivity contribution >= 4 is 11.3 Å². The van der Waals surface area contributed by atoms with Gasteiger partial charge in [-0.2, -0.15) is 0 Å². The second-order valence-electron chi connectivity index (χ2n) is 5.99. The van der Waals surface area contributed by atoms with Crippen molar-refractivity contribution in [1.29, 1.82) is 0 Å². The highest BCUT2D eigenvalue weighted by molar-refractivity contribution is 7.09. The molecule has 0 aliphatic carbocycles. The van der Waals surface area contributed by atoms with Crippen molar-refractivity contribution in [3.8, 4) is 0 Å². The summed E-state index contributed by atoms with van der Waals surface area (Å²) in [5.74, 6) is 0.702. The Morgan fingerprint density at radius 3 is 2.62 bits per heavy atom. The van der Waals surface area contributed by atoms with E-state index >= 15 is 0 Å². The molecule has 1 aromatic heterocycles. The van der Waals surface area contributed by atoms with Crippen LogP contribution in [0.4, 0.5) is 0 Å². The van der Waals surface area contributed by atoms with Gasteiger partial charge in [-0.15, -0.1) is 11.3 Å². The summed E-state index contributed by atoms with van der Waals surface area (Å²) in [7, 11) is 0. The maximum atomic E-state index is 4.65. The van der Waals surface area contributed by atoms with E-state index in [-0.39, 0.29) is 0 Å². The molecule has 92 valence electrons. The molecule has 3 heteroatoms. The molecule has 0 atom stereocenters. The van der Waals surface area contributed by atoms with Gasteiger partial charge < -0.3 is 5.32 Å². The SMILES string of the molecule is CC(C)CNCc1csc(CC(C)(C)C)n1. The van der Waals surface area contributed by atoms with Crippen molar-refractivity contribution in [2.24, 2.45) is 11.3 Å². The highest BCUT2D eigenvalue weighted by atomic mass is 32.1. The fraction of sp³-hybridized carbons (Fsp3) is 0.769. The van der Waals surface area contributed by atoms with Gasteiger partial charge in [0.2, 0.25) is 0 Å². The molecular formula is C13H24N2S. The van der Waals surface area contributed by atoms with Gasteiger partial charge in [0, 0.05) is 18.3 Å². The quantitative estimate of drug-likeness (QED) is 0.852. The first kappa shape index (κ1) is 13.7. The third-order valence-corrected chi connectivity index (χ3v) is 3.04. The van der Waals surface area contributed by atoms with Crippen molar-refractivity contribution in [2.45, 2.75) is 47.6 Å². The van der Waals surface area contributed by atoms with Gasteiger partial charge in [-0.25, -0.2) is 4.98 Å². The Labute approximate surface area is 103 Å². The van der Waals surface area contributed by atoms with Crippen LogP contribution < -0.4 is 5.32 Å². The summed E-state index contributed by atoms with van der Waals surface area (Å²) in [5, 5.41) is 6.85. The van der Waals surface area contributed by atoms with E-state index in [1.807, 2.05) is 0 Å². The van der Waals surface area contributed by atoms with Gasteiger partial charge in [0.1, 0.15) is 0 Å². The Morgan fingerprint density at radius 2 is 2.06 bits per heavy atom. The summed E-state index contributed by atoms with van der Waals surface area (Å²) in [6, 6.07) is 0. The first-order valence-corrected chi connectivity index (χ1v) is 6.89. The number of hydrogen-bond acceptors (Lipinski definition) is 3. The van der Waals surface area contributed by atoms with Crippen LogP contribution in [0.1, 0.15) is 45.3 Å². The number of nitrogens with one attached hydrogen (secondary N) is 1. The average molecular weight is 240 g/mol. The number of rotatable bonds is 5. The molecule has 1 rings (SSSR count). The summed E-state index contributed by atoms with van der Waals surface area (Å²) in [6.45, 7) is 13.2. The van der Waals surface area contributed by atoms with Crippen molar-refractivity contribution < 1.29 is 0 Å². The third kappa shape index (κ3) is 5.61. The van der Waals surface area contributed by atoms with Crippen molar-refractivity contribution in [3.05, 3.63) is 16.1 Å². The summed E-state index contributed by atoms with van der Waals surface area (Å²) in [4.78, 5) is 4.65. The molecule has 0 spiro atoms. The molecule has 1 heterocycles. The Kier molecular flexibility index (Phi) is 4.93. The molecule has 2 nitrogen and oxygen atoms in total. The predicted octanol–water partition coefficient (Wildman–Crippen LogP) is 3.48. The van der Waals surface area contributed by atoms with Gasteiger partial charge >= 0.3 is 0 Å². The van der Waals surface area contributed by atoms with Crippen molar-refractivity contribution in [3.63, 3.8) is 0 Å². The number of thiazole rings is 1. The van der Waals surface area contributed by atoms with Crippen molar-refractivity contribution in [2.75, 3.05) is 6.54 Å². The molecule has 0 aliphatic rings. The summed E-state index contributed by atoms with van der Waals surface area (Å²) in [5.41, 5.74) is 1.52. The monoisotopic (exact) mass is 240 g/mol. The van der Waals surface area contributed by atoms with Crippen LogP contribution in [0.25, 0.3) is 0 Å². The molecule has 1 N–H and O–H groups in total. The maximum absolute atomic E-state index is 4.65. The minimum atomic E-state index is 0.334. The summed E-state index contributed by atoms with van der Waals surface area (Å²) >= 11 is 1.78. The molecule has 0 radical (unpaired) electrons. The normalized spacial score (nSPS) is 12.4. The molecule has 0 fully saturated rings. The topological polar surface area (TPSA) is 24.9 Å². The lowest BCUT2D eigenvalue weighted by atomic mass is 9.93. The fourth-order valence-electron chi connectivity index (χ4n) is 1.45. The largest absolute Gasteiger partial charge is 0.311 e.